The third kappa shape index (κ3) is 5.21. The molecule has 4 aromatic rings. The first-order valence-electron chi connectivity index (χ1n) is 8.93. The summed E-state index contributed by atoms with van der Waals surface area (Å²) in [5, 5.41) is -0.0797. The molecule has 1 unspecified atom stereocenters. The molecular weight excluding hydrogens is 569 g/mol. The maximum Gasteiger partial charge on any atom is 0.430 e. The van der Waals surface area contributed by atoms with Crippen molar-refractivity contribution in [2.45, 2.75) is 17.2 Å². The zero-order valence-corrected chi connectivity index (χ0v) is 20.0. The van der Waals surface area contributed by atoms with Gasteiger partial charge in [0, 0.05) is 6.20 Å². The number of hydrogen-bond acceptors (Lipinski definition) is 7. The van der Waals surface area contributed by atoms with Gasteiger partial charge < -0.3 is 4.74 Å². The zero-order valence-electron chi connectivity index (χ0n) is 16.0. The fraction of sp³-hybridized carbons (Fsp3) is 0.105. The van der Waals surface area contributed by atoms with Crippen molar-refractivity contribution in [2.24, 2.45) is 0 Å². The Morgan fingerprint density at radius 1 is 1.06 bits per heavy atom. The quantitative estimate of drug-likeness (QED) is 0.302. The number of sulfonamides is 1. The summed E-state index contributed by atoms with van der Waals surface area (Å²) in [5.74, 6) is -1.18. The van der Waals surface area contributed by atoms with Gasteiger partial charge in [-0.3, -0.25) is 4.72 Å². The van der Waals surface area contributed by atoms with Crippen LogP contribution in [0, 0.1) is 0 Å². The van der Waals surface area contributed by atoms with Crippen LogP contribution in [0.25, 0.3) is 11.0 Å². The van der Waals surface area contributed by atoms with Crippen LogP contribution in [-0.2, 0) is 10.0 Å². The van der Waals surface area contributed by atoms with Crippen molar-refractivity contribution in [1.82, 2.24) is 15.0 Å². The summed E-state index contributed by atoms with van der Waals surface area (Å²) in [4.78, 5) is 11.4. The van der Waals surface area contributed by atoms with E-state index < -0.39 is 34.0 Å². The van der Waals surface area contributed by atoms with Crippen LogP contribution in [-0.4, -0.2) is 29.5 Å². The molecule has 0 spiro atoms. The lowest BCUT2D eigenvalue weighted by Gasteiger charge is -2.21. The Balaban J connectivity index is 1.82. The number of nitrogens with zero attached hydrogens (tertiary/aromatic N) is 3. The second kappa shape index (κ2) is 9.05. The Morgan fingerprint density at radius 3 is 2.30 bits per heavy atom. The molecule has 7 nitrogen and oxygen atoms in total. The van der Waals surface area contributed by atoms with E-state index in [1.165, 1.54) is 36.4 Å². The number of fused-ring (bicyclic) bond motifs is 1. The van der Waals surface area contributed by atoms with Crippen molar-refractivity contribution in [1.29, 1.82) is 0 Å². The van der Waals surface area contributed by atoms with Crippen LogP contribution in [0.3, 0.4) is 0 Å². The largest absolute Gasteiger partial charge is 0.456 e. The van der Waals surface area contributed by atoms with Crippen molar-refractivity contribution in [3.05, 3.63) is 68.5 Å². The Morgan fingerprint density at radius 2 is 1.70 bits per heavy atom. The Bertz CT molecular complexity index is 1430. The van der Waals surface area contributed by atoms with Gasteiger partial charge in [-0.1, -0.05) is 35.9 Å². The highest BCUT2D eigenvalue weighted by Gasteiger charge is 2.45. The van der Waals surface area contributed by atoms with Crippen LogP contribution in [0.15, 0.2) is 63.5 Å². The van der Waals surface area contributed by atoms with Crippen molar-refractivity contribution < 1.29 is 26.3 Å². The average molecular weight is 580 g/mol. The minimum absolute atomic E-state index is 0.0797. The topological polar surface area (TPSA) is 94.1 Å². The van der Waals surface area contributed by atoms with E-state index in [-0.39, 0.29) is 29.7 Å². The number of thiazole rings is 1. The van der Waals surface area contributed by atoms with Crippen LogP contribution >= 0.6 is 38.9 Å². The molecule has 2 heterocycles. The first-order valence-corrected chi connectivity index (χ1v) is 12.4. The summed E-state index contributed by atoms with van der Waals surface area (Å²) in [7, 11) is -4.33. The number of hydrogen-bond donors (Lipinski definition) is 1. The molecule has 0 amide bonds. The molecule has 1 N–H and O–H groups in total. The van der Waals surface area contributed by atoms with Crippen LogP contribution in [0.1, 0.15) is 11.0 Å². The molecule has 2 aromatic heterocycles. The number of ether oxygens (including phenoxy) is 1. The molecule has 172 valence electrons. The number of alkyl halides is 3. The third-order valence-electron chi connectivity index (χ3n) is 4.18. The fourth-order valence-corrected chi connectivity index (χ4v) is 5.64. The predicted molar refractivity (Wildman–Crippen MR) is 121 cm³/mol. The number of nitrogens with one attached hydrogen (secondary N) is 1. The highest BCUT2D eigenvalue weighted by Crippen LogP contribution is 2.41. The smallest absolute Gasteiger partial charge is 0.430 e. The van der Waals surface area contributed by atoms with Gasteiger partial charge in [-0.2, -0.15) is 13.2 Å². The number of para-hydroxylation sites is 2. The summed E-state index contributed by atoms with van der Waals surface area (Å²) in [6, 6.07) is 11.9. The highest BCUT2D eigenvalue weighted by molar-refractivity contribution is 9.11. The number of halogens is 5. The van der Waals surface area contributed by atoms with E-state index in [2.05, 4.69) is 35.6 Å². The van der Waals surface area contributed by atoms with Gasteiger partial charge >= 0.3 is 6.18 Å². The molecule has 33 heavy (non-hydrogen) atoms. The molecule has 2 aromatic carbocycles. The molecule has 14 heteroatoms. The number of aromatic nitrogens is 3. The Kier molecular flexibility index (Phi) is 6.49. The van der Waals surface area contributed by atoms with Crippen LogP contribution < -0.4 is 9.46 Å². The number of rotatable bonds is 6. The zero-order chi connectivity index (χ0) is 23.8. The summed E-state index contributed by atoms with van der Waals surface area (Å²) < 4.78 is 74.9. The summed E-state index contributed by atoms with van der Waals surface area (Å²) in [5.41, 5.74) is 0.449. The maximum atomic E-state index is 13.8. The molecule has 0 saturated heterocycles. The standard InChI is InChI=1S/C19H11BrClF3N4O3S2/c20-18-25-9-13(32-18)15(19(22,23)24)31-17-16(26-11-6-2-3-7-12(11)27-17)28-33(29,30)14-8-4-1-5-10(14)21/h1-9,15H,(H,26,28). The number of anilines is 1. The lowest BCUT2D eigenvalue weighted by Crippen LogP contribution is -2.26. The van der Waals surface area contributed by atoms with E-state index >= 15 is 0 Å². The van der Waals surface area contributed by atoms with Crippen molar-refractivity contribution in [3.63, 3.8) is 0 Å². The van der Waals surface area contributed by atoms with Gasteiger partial charge in [0.1, 0.15) is 4.90 Å². The van der Waals surface area contributed by atoms with Crippen LogP contribution in [0.4, 0.5) is 19.0 Å². The van der Waals surface area contributed by atoms with E-state index in [4.69, 9.17) is 16.3 Å². The predicted octanol–water partition coefficient (Wildman–Crippen LogP) is 5.99. The van der Waals surface area contributed by atoms with Crippen molar-refractivity contribution in [2.75, 3.05) is 4.72 Å². The molecular formula is C19H11BrClF3N4O3S2. The molecule has 0 bridgehead atoms. The van der Waals surface area contributed by atoms with E-state index in [0.29, 0.717) is 0 Å². The van der Waals surface area contributed by atoms with Gasteiger partial charge in [0.05, 0.1) is 20.9 Å². The molecule has 0 aliphatic rings. The van der Waals surface area contributed by atoms with Gasteiger partial charge in [-0.25, -0.2) is 23.4 Å². The first-order chi connectivity index (χ1) is 15.5. The molecule has 4 rings (SSSR count). The van der Waals surface area contributed by atoms with E-state index in [1.807, 2.05) is 0 Å². The SMILES string of the molecule is O=S(=O)(Nc1nc2ccccc2nc1OC(c1cnc(Br)s1)C(F)(F)F)c1ccccc1Cl. The molecule has 0 fully saturated rings. The van der Waals surface area contributed by atoms with Gasteiger partial charge in [0.15, 0.2) is 3.92 Å². The fourth-order valence-electron chi connectivity index (χ4n) is 2.76. The second-order valence-electron chi connectivity index (χ2n) is 6.46. The summed E-state index contributed by atoms with van der Waals surface area (Å²) >= 11 is 9.74. The van der Waals surface area contributed by atoms with Gasteiger partial charge in [-0.15, -0.1) is 11.3 Å². The maximum absolute atomic E-state index is 13.8. The third-order valence-corrected chi connectivity index (χ3v) is 7.53. The highest BCUT2D eigenvalue weighted by atomic mass is 79.9. The van der Waals surface area contributed by atoms with Gasteiger partial charge in [-0.05, 0) is 40.2 Å². The van der Waals surface area contributed by atoms with Crippen molar-refractivity contribution >= 4 is 65.7 Å². The normalized spacial score (nSPS) is 13.1. The molecule has 0 saturated carbocycles. The molecule has 1 atom stereocenters. The molecule has 0 aliphatic carbocycles. The number of benzene rings is 2. The van der Waals surface area contributed by atoms with Crippen molar-refractivity contribution in [3.8, 4) is 5.88 Å². The van der Waals surface area contributed by atoms with E-state index in [9.17, 15) is 21.6 Å². The Labute approximate surface area is 202 Å². The summed E-state index contributed by atoms with van der Waals surface area (Å²) in [6.45, 7) is 0. The van der Waals surface area contributed by atoms with Crippen LogP contribution in [0.2, 0.25) is 5.02 Å². The Hall–Kier alpha value is -2.48. The van der Waals surface area contributed by atoms with Gasteiger partial charge in [0.2, 0.25) is 11.9 Å². The first kappa shape index (κ1) is 23.7. The minimum Gasteiger partial charge on any atom is -0.456 e. The van der Waals surface area contributed by atoms with Crippen LogP contribution in [0.5, 0.6) is 5.88 Å². The molecule has 0 radical (unpaired) electrons. The minimum atomic E-state index is -4.85. The summed E-state index contributed by atoms with van der Waals surface area (Å²) in [6.07, 6.45) is -6.30. The van der Waals surface area contributed by atoms with E-state index in [0.717, 1.165) is 17.5 Å². The monoisotopic (exact) mass is 578 g/mol. The average Bonchev–Trinajstić information content (AvgIpc) is 3.16. The van der Waals surface area contributed by atoms with Gasteiger partial charge in [0.25, 0.3) is 15.9 Å². The van der Waals surface area contributed by atoms with E-state index in [1.54, 1.807) is 12.1 Å². The lowest BCUT2D eigenvalue weighted by atomic mass is 10.3. The second-order valence-corrected chi connectivity index (χ2v) is 10.9. The lowest BCUT2D eigenvalue weighted by molar-refractivity contribution is -0.197. The molecule has 0 aliphatic heterocycles.